The molecule has 0 unspecified atom stereocenters. The molecule has 4 heteroatoms. The van der Waals surface area contributed by atoms with Gasteiger partial charge in [-0.2, -0.15) is 0 Å². The van der Waals surface area contributed by atoms with Gasteiger partial charge in [0, 0.05) is 35.2 Å². The highest BCUT2D eigenvalue weighted by molar-refractivity contribution is 7.53. The minimum Gasteiger partial charge on any atom is -0.0761 e. The summed E-state index contributed by atoms with van der Waals surface area (Å²) in [5, 5.41) is 0. The average Bonchev–Trinajstić information content (AvgIpc) is 1.36. The second kappa shape index (κ2) is 2.95. The van der Waals surface area contributed by atoms with E-state index in [0.717, 1.165) is 0 Å². The van der Waals surface area contributed by atoms with Gasteiger partial charge in [0.05, 0.1) is 0 Å². The van der Waals surface area contributed by atoms with E-state index in [1.54, 1.807) is 0 Å². The van der Waals surface area contributed by atoms with Gasteiger partial charge >= 0.3 is 0 Å². The van der Waals surface area contributed by atoms with E-state index in [9.17, 15) is 0 Å². The lowest BCUT2D eigenvalue weighted by Gasteiger charge is -2.00. The van der Waals surface area contributed by atoms with Crippen LogP contribution in [0, 0.1) is 0 Å². The van der Waals surface area contributed by atoms with Crippen LogP contribution >= 0.6 is 0 Å². The fourth-order valence-corrected chi connectivity index (χ4v) is 0. The molecule has 0 aliphatic rings. The fourth-order valence-electron chi connectivity index (χ4n) is 0. The Labute approximate surface area is 48.8 Å². The summed E-state index contributed by atoms with van der Waals surface area (Å²) in [6.07, 6.45) is 0. The molecule has 0 aliphatic carbocycles. The highest BCUT2D eigenvalue weighted by Gasteiger charge is 2.00. The Morgan fingerprint density at radius 3 is 1.17 bits per heavy atom. The van der Waals surface area contributed by atoms with E-state index in [4.69, 9.17) is 0 Å². The molecule has 0 spiro atoms. The van der Waals surface area contributed by atoms with Crippen LogP contribution in [0.2, 0.25) is 13.1 Å². The molecule has 8 radical (unpaired) electrons. The van der Waals surface area contributed by atoms with E-state index in [-0.39, 0.29) is 15.7 Å². The summed E-state index contributed by atoms with van der Waals surface area (Å²) in [4.78, 5) is 0. The van der Waals surface area contributed by atoms with Crippen molar-refractivity contribution >= 4 is 35.2 Å². The number of hydrogen-bond donors (Lipinski definition) is 0. The first-order valence-electron chi connectivity index (χ1n) is 1.75. The van der Waals surface area contributed by atoms with Crippen LogP contribution in [0.15, 0.2) is 0 Å². The van der Waals surface area contributed by atoms with E-state index in [2.05, 4.69) is 32.6 Å². The van der Waals surface area contributed by atoms with Gasteiger partial charge in [-0.15, -0.1) is 0 Å². The molecular formula is C2H6Si4. The minimum atomic E-state index is -0.131. The van der Waals surface area contributed by atoms with E-state index < -0.39 is 0 Å². The maximum Gasteiger partial charge on any atom is 0.0145 e. The molecule has 0 heterocycles. The lowest BCUT2D eigenvalue weighted by molar-refractivity contribution is 2.24. The zero-order chi connectivity index (χ0) is 5.15. The van der Waals surface area contributed by atoms with Crippen molar-refractivity contribution in [3.63, 3.8) is 0 Å². The third-order valence-corrected chi connectivity index (χ3v) is 14.1. The molecule has 0 saturated carbocycles. The van der Waals surface area contributed by atoms with Crippen LogP contribution in [0.1, 0.15) is 0 Å². The van der Waals surface area contributed by atoms with E-state index >= 15 is 0 Å². The molecule has 0 bridgehead atoms. The molecule has 6 heavy (non-hydrogen) atoms. The summed E-state index contributed by atoms with van der Waals surface area (Å²) in [5.74, 6) is 0. The standard InChI is InChI=1S/C2H6Si4/c1-5(3)6(2)4/h1-2H3. The zero-order valence-corrected chi connectivity index (χ0v) is 8.00. The Morgan fingerprint density at radius 1 is 1.00 bits per heavy atom. The first kappa shape index (κ1) is 6.87. The summed E-state index contributed by atoms with van der Waals surface area (Å²) < 4.78 is 0. The summed E-state index contributed by atoms with van der Waals surface area (Å²) >= 11 is 0. The first-order chi connectivity index (χ1) is 2.64. The Bertz CT molecular complexity index is 26.5. The van der Waals surface area contributed by atoms with Gasteiger partial charge in [-0.05, 0) is 0 Å². The molecule has 0 atom stereocenters. The lowest BCUT2D eigenvalue weighted by Crippen LogP contribution is -2.30. The summed E-state index contributed by atoms with van der Waals surface area (Å²) in [7, 11) is 6.90. The predicted molar refractivity (Wildman–Crippen MR) is 34.7 cm³/mol. The van der Waals surface area contributed by atoms with Crippen molar-refractivity contribution in [1.82, 2.24) is 0 Å². The molecule has 0 saturated heterocycles. The van der Waals surface area contributed by atoms with Crippen LogP contribution in [0.5, 0.6) is 0 Å². The van der Waals surface area contributed by atoms with Gasteiger partial charge in [0.2, 0.25) is 0 Å². The summed E-state index contributed by atoms with van der Waals surface area (Å²) in [6, 6.07) is 0. The molecular weight excluding hydrogens is 136 g/mol. The molecule has 0 aliphatic heterocycles. The Morgan fingerprint density at radius 2 is 1.17 bits per heavy atom. The van der Waals surface area contributed by atoms with Crippen molar-refractivity contribution in [3.05, 3.63) is 0 Å². The molecule has 0 N–H and O–H groups in total. The van der Waals surface area contributed by atoms with Crippen LogP contribution in [0.3, 0.4) is 0 Å². The lowest BCUT2D eigenvalue weighted by atomic mass is 11.9. The molecule has 0 aromatic heterocycles. The largest absolute Gasteiger partial charge is 0.0761 e. The van der Waals surface area contributed by atoms with Crippen molar-refractivity contribution in [2.45, 2.75) is 13.1 Å². The normalized spacial score (nSPS) is 11.0. The quantitative estimate of drug-likeness (QED) is 0.439. The highest BCUT2D eigenvalue weighted by atomic mass is 29.7. The van der Waals surface area contributed by atoms with Gasteiger partial charge in [-0.25, -0.2) is 0 Å². The second-order valence-electron chi connectivity index (χ2n) is 1.25. The molecule has 0 aromatic carbocycles. The van der Waals surface area contributed by atoms with Crippen molar-refractivity contribution in [1.29, 1.82) is 0 Å². The summed E-state index contributed by atoms with van der Waals surface area (Å²) in [5.41, 5.74) is 0. The molecule has 0 fully saturated rings. The van der Waals surface area contributed by atoms with E-state index in [1.807, 2.05) is 0 Å². The van der Waals surface area contributed by atoms with Crippen LogP contribution in [0.4, 0.5) is 0 Å². The maximum absolute atomic E-state index is 3.58. The van der Waals surface area contributed by atoms with Crippen molar-refractivity contribution in [2.75, 3.05) is 0 Å². The highest BCUT2D eigenvalue weighted by Crippen LogP contribution is 1.75. The van der Waals surface area contributed by atoms with Gasteiger partial charge in [-0.1, -0.05) is 13.1 Å². The molecule has 0 rings (SSSR count). The zero-order valence-electron chi connectivity index (χ0n) is 4.00. The first-order valence-corrected chi connectivity index (χ1v) is 9.75. The molecule has 30 valence electrons. The SMILES string of the molecule is C[Si]([Si])[Si](C)[Si]. The molecule has 0 amide bonds. The average molecular weight is 142 g/mol. The third-order valence-electron chi connectivity index (χ3n) is 0.562. The third kappa shape index (κ3) is 3.07. The Kier molecular flexibility index (Phi) is 3.37. The van der Waals surface area contributed by atoms with E-state index in [1.165, 1.54) is 0 Å². The van der Waals surface area contributed by atoms with Gasteiger partial charge in [0.25, 0.3) is 0 Å². The fraction of sp³-hybridized carbons (Fsp3) is 1.00. The van der Waals surface area contributed by atoms with Gasteiger partial charge < -0.3 is 0 Å². The van der Waals surface area contributed by atoms with Gasteiger partial charge in [0.15, 0.2) is 0 Å². The van der Waals surface area contributed by atoms with Gasteiger partial charge in [0.1, 0.15) is 0 Å². The van der Waals surface area contributed by atoms with Crippen molar-refractivity contribution in [2.24, 2.45) is 0 Å². The Balaban J connectivity index is 2.99. The van der Waals surface area contributed by atoms with Crippen LogP contribution in [0.25, 0.3) is 0 Å². The minimum absolute atomic E-state index is 0.131. The molecule has 0 aromatic rings. The van der Waals surface area contributed by atoms with Gasteiger partial charge in [-0.3, -0.25) is 0 Å². The summed E-state index contributed by atoms with van der Waals surface area (Å²) in [6.45, 7) is 4.51. The van der Waals surface area contributed by atoms with Crippen LogP contribution in [-0.2, 0) is 0 Å². The number of rotatable bonds is 1. The Hall–Kier alpha value is 0.868. The number of hydrogen-bond acceptors (Lipinski definition) is 0. The van der Waals surface area contributed by atoms with Crippen LogP contribution in [-0.4, -0.2) is 35.2 Å². The maximum atomic E-state index is 3.58. The monoisotopic (exact) mass is 142 g/mol. The van der Waals surface area contributed by atoms with E-state index in [0.29, 0.717) is 0 Å². The van der Waals surface area contributed by atoms with Crippen LogP contribution < -0.4 is 0 Å². The second-order valence-corrected chi connectivity index (χ2v) is 15.8. The van der Waals surface area contributed by atoms with Crippen molar-refractivity contribution in [3.8, 4) is 0 Å². The smallest absolute Gasteiger partial charge is 0.0145 e. The topological polar surface area (TPSA) is 0 Å². The molecule has 0 nitrogen and oxygen atoms in total. The predicted octanol–water partition coefficient (Wildman–Crippen LogP) is -0.356. The van der Waals surface area contributed by atoms with Crippen molar-refractivity contribution < 1.29 is 0 Å².